The van der Waals surface area contributed by atoms with Gasteiger partial charge in [-0.05, 0) is 24.2 Å². The number of methoxy groups -OCH3 is 1. The van der Waals surface area contributed by atoms with Crippen molar-refractivity contribution in [2.75, 3.05) is 7.11 Å². The van der Waals surface area contributed by atoms with Crippen molar-refractivity contribution in [3.8, 4) is 0 Å². The third kappa shape index (κ3) is 4.07. The van der Waals surface area contributed by atoms with Crippen molar-refractivity contribution in [3.05, 3.63) is 17.5 Å². The van der Waals surface area contributed by atoms with Gasteiger partial charge in [0.1, 0.15) is 10.5 Å². The van der Waals surface area contributed by atoms with E-state index in [1.807, 2.05) is 5.38 Å². The molecule has 3 atom stereocenters. The molecule has 0 aliphatic heterocycles. The van der Waals surface area contributed by atoms with Crippen molar-refractivity contribution >= 4 is 44.1 Å². The van der Waals surface area contributed by atoms with Crippen LogP contribution in [0.5, 0.6) is 0 Å². The quantitative estimate of drug-likeness (QED) is 0.591. The van der Waals surface area contributed by atoms with E-state index in [1.54, 1.807) is 12.1 Å². The third-order valence-corrected chi connectivity index (χ3v) is 7.07. The molecule has 0 aliphatic rings. The van der Waals surface area contributed by atoms with E-state index >= 15 is 0 Å². The highest BCUT2D eigenvalue weighted by Gasteiger charge is 2.29. The first-order chi connectivity index (χ1) is 7.89. The van der Waals surface area contributed by atoms with Gasteiger partial charge >= 0.3 is 0 Å². The largest absolute Gasteiger partial charge is 0.412 e. The van der Waals surface area contributed by atoms with E-state index in [1.165, 1.54) is 25.4 Å². The molecule has 0 aromatic carbocycles. The van der Waals surface area contributed by atoms with Crippen LogP contribution in [0.4, 0.5) is 0 Å². The minimum absolute atomic E-state index is 0. The number of ether oxygens (including phenoxy) is 1. The van der Waals surface area contributed by atoms with Crippen molar-refractivity contribution < 1.29 is 19.2 Å². The second-order valence-electron chi connectivity index (χ2n) is 3.69. The van der Waals surface area contributed by atoms with Crippen molar-refractivity contribution in [3.63, 3.8) is 0 Å². The Morgan fingerprint density at radius 3 is 2.67 bits per heavy atom. The van der Waals surface area contributed by atoms with Crippen LogP contribution in [0.25, 0.3) is 0 Å². The number of carbonyl (C=O) groups is 1. The van der Waals surface area contributed by atoms with E-state index in [0.29, 0.717) is 4.21 Å². The van der Waals surface area contributed by atoms with Crippen LogP contribution in [-0.2, 0) is 19.1 Å². The summed E-state index contributed by atoms with van der Waals surface area (Å²) in [5.41, 5.74) is 0. The van der Waals surface area contributed by atoms with Gasteiger partial charge in [-0.2, -0.15) is 0 Å². The topological polar surface area (TPSA) is 74.9 Å². The lowest BCUT2D eigenvalue weighted by molar-refractivity contribution is -0.119. The van der Waals surface area contributed by atoms with E-state index < -0.39 is 20.3 Å². The average molecular weight is 313 g/mol. The Kier molecular flexibility index (Phi) is 7.09. The van der Waals surface area contributed by atoms with E-state index in [0.717, 1.165) is 0 Å². The SMILES string of the molecule is C=S(=O)(c1cccs1)C(Cl)C(CC(C)=O)OC.O. The fraction of sp³-hybridized carbons (Fsp3) is 0.455. The molecule has 1 aromatic rings. The van der Waals surface area contributed by atoms with Gasteiger partial charge in [0.25, 0.3) is 0 Å². The summed E-state index contributed by atoms with van der Waals surface area (Å²) in [4.78, 5) is 11.1. The molecule has 2 N–H and O–H groups in total. The maximum absolute atomic E-state index is 12.5. The smallest absolute Gasteiger partial charge is 0.133 e. The molecule has 1 aromatic heterocycles. The lowest BCUT2D eigenvalue weighted by atomic mass is 10.2. The van der Waals surface area contributed by atoms with Crippen LogP contribution < -0.4 is 0 Å². The van der Waals surface area contributed by atoms with Gasteiger partial charge in [-0.1, -0.05) is 6.07 Å². The monoisotopic (exact) mass is 312 g/mol. The number of halogens is 1. The number of rotatable bonds is 6. The Labute approximate surface area is 116 Å². The van der Waals surface area contributed by atoms with Crippen LogP contribution >= 0.6 is 22.9 Å². The Hall–Kier alpha value is -0.400. The Morgan fingerprint density at radius 1 is 1.67 bits per heavy atom. The summed E-state index contributed by atoms with van der Waals surface area (Å²) >= 11 is 7.51. The number of hydrogen-bond donors (Lipinski definition) is 0. The highest BCUT2D eigenvalue weighted by molar-refractivity contribution is 8.03. The van der Waals surface area contributed by atoms with Gasteiger partial charge in [-0.3, -0.25) is 9.00 Å². The van der Waals surface area contributed by atoms with Crippen LogP contribution in [0.2, 0.25) is 0 Å². The predicted octanol–water partition coefficient (Wildman–Crippen LogP) is 1.56. The first kappa shape index (κ1) is 17.6. The second kappa shape index (κ2) is 7.25. The number of ketones is 1. The summed E-state index contributed by atoms with van der Waals surface area (Å²) in [6.45, 7) is 1.45. The number of carbonyl (C=O) groups excluding carboxylic acids is 1. The molecular formula is C11H17ClO4S2. The van der Waals surface area contributed by atoms with Gasteiger partial charge in [0.2, 0.25) is 0 Å². The molecule has 0 amide bonds. The van der Waals surface area contributed by atoms with Gasteiger partial charge in [-0.25, -0.2) is 0 Å². The molecule has 4 nitrogen and oxygen atoms in total. The Morgan fingerprint density at radius 2 is 2.28 bits per heavy atom. The van der Waals surface area contributed by atoms with Crippen molar-refractivity contribution in [2.45, 2.75) is 28.4 Å². The molecule has 1 rings (SSSR count). The number of Topliss-reactive ketones (excluding diaryl/α,β-unsaturated/α-hetero) is 1. The second-order valence-corrected chi connectivity index (χ2v) is 8.03. The summed E-state index contributed by atoms with van der Waals surface area (Å²) in [6.07, 6.45) is -0.441. The maximum atomic E-state index is 12.5. The van der Waals surface area contributed by atoms with E-state index in [4.69, 9.17) is 16.3 Å². The van der Waals surface area contributed by atoms with E-state index in [-0.39, 0.29) is 17.7 Å². The van der Waals surface area contributed by atoms with E-state index in [9.17, 15) is 9.00 Å². The number of hydrogen-bond acceptors (Lipinski definition) is 4. The van der Waals surface area contributed by atoms with Gasteiger partial charge < -0.3 is 10.2 Å². The average Bonchev–Trinajstić information content (AvgIpc) is 2.78. The van der Waals surface area contributed by atoms with Crippen LogP contribution in [0.1, 0.15) is 13.3 Å². The highest BCUT2D eigenvalue weighted by atomic mass is 35.5. The molecule has 0 saturated carbocycles. The molecule has 0 radical (unpaired) electrons. The first-order valence-electron chi connectivity index (χ1n) is 4.95. The maximum Gasteiger partial charge on any atom is 0.133 e. The first-order valence-corrected chi connectivity index (χ1v) is 8.06. The molecule has 18 heavy (non-hydrogen) atoms. The third-order valence-electron chi connectivity index (χ3n) is 2.28. The zero-order valence-electron chi connectivity index (χ0n) is 10.2. The normalized spacial score (nSPS) is 17.3. The highest BCUT2D eigenvalue weighted by Crippen LogP contribution is 2.27. The lowest BCUT2D eigenvalue weighted by Crippen LogP contribution is -2.32. The van der Waals surface area contributed by atoms with Crippen LogP contribution in [0.15, 0.2) is 21.7 Å². The zero-order chi connectivity index (χ0) is 13.1. The molecule has 7 heteroatoms. The van der Waals surface area contributed by atoms with Crippen molar-refractivity contribution in [1.29, 1.82) is 0 Å². The summed E-state index contributed by atoms with van der Waals surface area (Å²) in [5.74, 6) is 3.65. The summed E-state index contributed by atoms with van der Waals surface area (Å²) in [6, 6.07) is 3.52. The van der Waals surface area contributed by atoms with Crippen LogP contribution in [-0.4, -0.2) is 39.3 Å². The van der Waals surface area contributed by atoms with Crippen LogP contribution in [0.3, 0.4) is 0 Å². The summed E-state index contributed by atoms with van der Waals surface area (Å²) in [7, 11) is -1.19. The molecule has 0 spiro atoms. The van der Waals surface area contributed by atoms with Gasteiger partial charge in [-0.15, -0.1) is 22.9 Å². The van der Waals surface area contributed by atoms with E-state index in [2.05, 4.69) is 5.87 Å². The Balaban J connectivity index is 0.00000289. The summed E-state index contributed by atoms with van der Waals surface area (Å²) in [5, 5.41) is 1.82. The summed E-state index contributed by atoms with van der Waals surface area (Å²) < 4.78 is 17.5. The lowest BCUT2D eigenvalue weighted by Gasteiger charge is -2.22. The molecule has 0 saturated heterocycles. The molecule has 3 unspecified atom stereocenters. The van der Waals surface area contributed by atoms with Crippen molar-refractivity contribution in [1.82, 2.24) is 0 Å². The molecule has 0 bridgehead atoms. The van der Waals surface area contributed by atoms with Crippen LogP contribution in [0, 0.1) is 0 Å². The minimum atomic E-state index is -2.65. The predicted molar refractivity (Wildman–Crippen MR) is 77.2 cm³/mol. The van der Waals surface area contributed by atoms with Crippen molar-refractivity contribution in [2.24, 2.45) is 0 Å². The molecular weight excluding hydrogens is 296 g/mol. The molecule has 0 fully saturated rings. The fourth-order valence-electron chi connectivity index (χ4n) is 1.38. The molecule has 104 valence electrons. The molecule has 0 aliphatic carbocycles. The Bertz CT molecular complexity index is 467. The molecule has 1 heterocycles. The number of thiophene rings is 1. The van der Waals surface area contributed by atoms with Gasteiger partial charge in [0.15, 0.2) is 0 Å². The van der Waals surface area contributed by atoms with Gasteiger partial charge in [0.05, 0.1) is 10.3 Å². The standard InChI is InChI=1S/C11H15ClO3S2.H2O/c1-8(13)7-9(15-2)11(12)17(3,14)10-5-4-6-16-10;/h4-6,9,11H,3,7H2,1-2H3;1H2. The minimum Gasteiger partial charge on any atom is -0.412 e. The zero-order valence-corrected chi connectivity index (χ0v) is 12.6. The fourth-order valence-corrected chi connectivity index (χ4v) is 4.83. The number of alkyl halides is 1. The van der Waals surface area contributed by atoms with Gasteiger partial charge in [0, 0.05) is 23.1 Å².